The van der Waals surface area contributed by atoms with Crippen LogP contribution in [0.2, 0.25) is 0 Å². The summed E-state index contributed by atoms with van der Waals surface area (Å²) in [4.78, 5) is 4.60. The third-order valence-corrected chi connectivity index (χ3v) is 7.61. The van der Waals surface area contributed by atoms with Gasteiger partial charge >= 0.3 is 0 Å². The number of ether oxygens (including phenoxy) is 1. The molecule has 4 rings (SSSR count). The maximum Gasteiger partial charge on any atom is 0.261 e. The monoisotopic (exact) mass is 461 g/mol. The maximum absolute atomic E-state index is 14.9. The van der Waals surface area contributed by atoms with Crippen molar-refractivity contribution in [3.63, 3.8) is 0 Å². The molecule has 2 heterocycles. The van der Waals surface area contributed by atoms with Crippen LogP contribution in [-0.4, -0.2) is 58.2 Å². The molecule has 2 aliphatic rings. The molecule has 2 aromatic carbocycles. The highest BCUT2D eigenvalue weighted by Crippen LogP contribution is 2.34. The first-order valence-corrected chi connectivity index (χ1v) is 12.8. The SMILES string of the molecule is C[C@@H]1CN(CC2CCN(c3c(F)cccc3NS(=O)(=O)c3ccccc3)CC2)C[C@H](C)O1. The Labute approximate surface area is 190 Å². The van der Waals surface area contributed by atoms with Crippen molar-refractivity contribution in [1.29, 1.82) is 0 Å². The van der Waals surface area contributed by atoms with Gasteiger partial charge in [0.15, 0.2) is 0 Å². The highest BCUT2D eigenvalue weighted by atomic mass is 32.2. The second-order valence-corrected chi connectivity index (χ2v) is 10.6. The Balaban J connectivity index is 1.44. The van der Waals surface area contributed by atoms with Crippen LogP contribution in [0.25, 0.3) is 0 Å². The number of nitrogens with one attached hydrogen (secondary N) is 1. The Morgan fingerprint density at radius 3 is 2.31 bits per heavy atom. The largest absolute Gasteiger partial charge is 0.373 e. The minimum Gasteiger partial charge on any atom is -0.373 e. The number of morpholine rings is 1. The van der Waals surface area contributed by atoms with Crippen molar-refractivity contribution in [3.05, 3.63) is 54.3 Å². The summed E-state index contributed by atoms with van der Waals surface area (Å²) in [6.07, 6.45) is 2.38. The van der Waals surface area contributed by atoms with E-state index in [-0.39, 0.29) is 22.8 Å². The first kappa shape index (κ1) is 23.0. The van der Waals surface area contributed by atoms with E-state index in [1.54, 1.807) is 24.3 Å². The summed E-state index contributed by atoms with van der Waals surface area (Å²) >= 11 is 0. The average Bonchev–Trinajstić information content (AvgIpc) is 2.74. The summed E-state index contributed by atoms with van der Waals surface area (Å²) < 4.78 is 48.9. The lowest BCUT2D eigenvalue weighted by Crippen LogP contribution is -2.48. The van der Waals surface area contributed by atoms with Crippen LogP contribution in [0, 0.1) is 11.7 Å². The topological polar surface area (TPSA) is 61.9 Å². The first-order chi connectivity index (χ1) is 15.3. The van der Waals surface area contributed by atoms with E-state index in [0.29, 0.717) is 24.7 Å². The third-order valence-electron chi connectivity index (χ3n) is 6.23. The van der Waals surface area contributed by atoms with Gasteiger partial charge in [-0.05, 0) is 56.9 Å². The summed E-state index contributed by atoms with van der Waals surface area (Å²) in [5, 5.41) is 0. The lowest BCUT2D eigenvalue weighted by molar-refractivity contribution is -0.0720. The van der Waals surface area contributed by atoms with Gasteiger partial charge < -0.3 is 9.64 Å². The van der Waals surface area contributed by atoms with Gasteiger partial charge in [0.2, 0.25) is 0 Å². The maximum atomic E-state index is 14.9. The standard InChI is InChI=1S/C24H32FN3O3S/c1-18-15-27(16-19(2)31-18)17-20-11-13-28(14-12-20)24-22(25)9-6-10-23(24)26-32(29,30)21-7-4-3-5-8-21/h3-10,18-20,26H,11-17H2,1-2H3/t18-,19+. The van der Waals surface area contributed by atoms with Gasteiger partial charge in [-0.2, -0.15) is 0 Å². The number of benzene rings is 2. The molecule has 0 aliphatic carbocycles. The minimum atomic E-state index is -3.79. The van der Waals surface area contributed by atoms with E-state index in [0.717, 1.165) is 32.5 Å². The normalized spacial score (nSPS) is 23.3. The molecule has 0 saturated carbocycles. The highest BCUT2D eigenvalue weighted by molar-refractivity contribution is 7.92. The molecule has 2 atom stereocenters. The van der Waals surface area contributed by atoms with E-state index in [1.807, 2.05) is 4.90 Å². The van der Waals surface area contributed by atoms with Crippen LogP contribution in [-0.2, 0) is 14.8 Å². The Bertz CT molecular complexity index is 1000. The average molecular weight is 462 g/mol. The zero-order valence-electron chi connectivity index (χ0n) is 18.7. The van der Waals surface area contributed by atoms with Crippen molar-refractivity contribution in [2.45, 2.75) is 43.8 Å². The van der Waals surface area contributed by atoms with Crippen molar-refractivity contribution in [3.8, 4) is 0 Å². The van der Waals surface area contributed by atoms with E-state index in [2.05, 4.69) is 23.5 Å². The van der Waals surface area contributed by atoms with Crippen molar-refractivity contribution in [2.24, 2.45) is 5.92 Å². The van der Waals surface area contributed by atoms with Gasteiger partial charge in [0, 0.05) is 32.7 Å². The van der Waals surface area contributed by atoms with E-state index >= 15 is 0 Å². The molecule has 32 heavy (non-hydrogen) atoms. The first-order valence-electron chi connectivity index (χ1n) is 11.3. The number of hydrogen-bond acceptors (Lipinski definition) is 5. The lowest BCUT2D eigenvalue weighted by atomic mass is 9.95. The zero-order valence-corrected chi connectivity index (χ0v) is 19.5. The molecule has 0 aromatic heterocycles. The number of para-hydroxylation sites is 1. The van der Waals surface area contributed by atoms with E-state index in [1.165, 1.54) is 24.3 Å². The predicted molar refractivity (Wildman–Crippen MR) is 125 cm³/mol. The molecule has 8 heteroatoms. The summed E-state index contributed by atoms with van der Waals surface area (Å²) in [5.41, 5.74) is 0.613. The van der Waals surface area contributed by atoms with Gasteiger partial charge in [-0.25, -0.2) is 12.8 Å². The summed E-state index contributed by atoms with van der Waals surface area (Å²) in [6.45, 7) is 8.54. The molecule has 0 amide bonds. The van der Waals surface area contributed by atoms with Gasteiger partial charge in [0.05, 0.1) is 28.5 Å². The lowest BCUT2D eigenvalue weighted by Gasteiger charge is -2.40. The van der Waals surface area contributed by atoms with E-state index in [4.69, 9.17) is 4.74 Å². The molecule has 0 radical (unpaired) electrons. The molecular weight excluding hydrogens is 429 g/mol. The fourth-order valence-corrected chi connectivity index (χ4v) is 5.95. The molecule has 0 bridgehead atoms. The van der Waals surface area contributed by atoms with Crippen molar-refractivity contribution in [1.82, 2.24) is 4.90 Å². The molecule has 174 valence electrons. The number of piperidine rings is 1. The molecule has 0 unspecified atom stereocenters. The van der Waals surface area contributed by atoms with Gasteiger partial charge in [-0.15, -0.1) is 0 Å². The fraction of sp³-hybridized carbons (Fsp3) is 0.500. The number of anilines is 2. The Morgan fingerprint density at radius 2 is 1.66 bits per heavy atom. The molecule has 2 aliphatic heterocycles. The smallest absolute Gasteiger partial charge is 0.261 e. The van der Waals surface area contributed by atoms with Crippen LogP contribution in [0.3, 0.4) is 0 Å². The summed E-state index contributed by atoms with van der Waals surface area (Å²) in [5.74, 6) is 0.132. The number of halogens is 1. The Kier molecular flexibility index (Phi) is 7.02. The second-order valence-electron chi connectivity index (χ2n) is 8.96. The van der Waals surface area contributed by atoms with Crippen LogP contribution in [0.5, 0.6) is 0 Å². The van der Waals surface area contributed by atoms with E-state index in [9.17, 15) is 12.8 Å². The van der Waals surface area contributed by atoms with E-state index < -0.39 is 15.8 Å². The Hall–Kier alpha value is -2.16. The van der Waals surface area contributed by atoms with Crippen LogP contribution in [0.4, 0.5) is 15.8 Å². The van der Waals surface area contributed by atoms with Gasteiger partial charge in [-0.1, -0.05) is 24.3 Å². The third kappa shape index (κ3) is 5.42. The predicted octanol–water partition coefficient (Wildman–Crippen LogP) is 3.95. The molecular formula is C24H32FN3O3S. The molecule has 0 spiro atoms. The van der Waals surface area contributed by atoms with Gasteiger partial charge in [0.25, 0.3) is 10.0 Å². The molecule has 2 saturated heterocycles. The molecule has 2 aromatic rings. The van der Waals surface area contributed by atoms with Gasteiger partial charge in [-0.3, -0.25) is 9.62 Å². The minimum absolute atomic E-state index is 0.155. The molecule has 6 nitrogen and oxygen atoms in total. The number of nitrogens with zero attached hydrogens (tertiary/aromatic N) is 2. The number of rotatable bonds is 6. The van der Waals surface area contributed by atoms with Crippen LogP contribution in [0.15, 0.2) is 53.4 Å². The second kappa shape index (κ2) is 9.77. The zero-order chi connectivity index (χ0) is 22.7. The van der Waals surface area contributed by atoms with Crippen molar-refractivity contribution in [2.75, 3.05) is 42.3 Å². The molecule has 1 N–H and O–H groups in total. The van der Waals surface area contributed by atoms with Gasteiger partial charge in [0.1, 0.15) is 5.82 Å². The highest BCUT2D eigenvalue weighted by Gasteiger charge is 2.29. The molecule has 2 fully saturated rings. The summed E-state index contributed by atoms with van der Waals surface area (Å²) in [7, 11) is -3.79. The number of sulfonamides is 1. The van der Waals surface area contributed by atoms with Crippen LogP contribution in [0.1, 0.15) is 26.7 Å². The summed E-state index contributed by atoms with van der Waals surface area (Å²) in [6, 6.07) is 12.7. The van der Waals surface area contributed by atoms with Crippen molar-refractivity contribution >= 4 is 21.4 Å². The van der Waals surface area contributed by atoms with Crippen LogP contribution >= 0.6 is 0 Å². The fourth-order valence-electron chi connectivity index (χ4n) is 4.86. The number of hydrogen-bond donors (Lipinski definition) is 1. The Morgan fingerprint density at radius 1 is 1.00 bits per heavy atom. The van der Waals surface area contributed by atoms with Crippen LogP contribution < -0.4 is 9.62 Å². The van der Waals surface area contributed by atoms with Crippen molar-refractivity contribution < 1.29 is 17.5 Å². The quantitative estimate of drug-likeness (QED) is 0.706.